The van der Waals surface area contributed by atoms with E-state index in [1.165, 1.54) is 7.11 Å². The molecular weight excluding hydrogens is 356 g/mol. The number of ether oxygens (including phenoxy) is 1. The lowest BCUT2D eigenvalue weighted by Gasteiger charge is -2.09. The SMILES string of the molecule is COC(=O)C(I)CNC(=O)c1cccc(Cl)c1. The van der Waals surface area contributed by atoms with Gasteiger partial charge in [0.2, 0.25) is 0 Å². The second kappa shape index (κ2) is 6.80. The van der Waals surface area contributed by atoms with Gasteiger partial charge in [0, 0.05) is 17.1 Å². The molecule has 1 atom stereocenters. The van der Waals surface area contributed by atoms with Crippen LogP contribution < -0.4 is 5.32 Å². The number of amides is 1. The molecule has 1 aromatic rings. The monoisotopic (exact) mass is 367 g/mol. The number of hydrogen-bond acceptors (Lipinski definition) is 3. The summed E-state index contributed by atoms with van der Waals surface area (Å²) >= 11 is 7.68. The van der Waals surface area contributed by atoms with Crippen molar-refractivity contribution in [3.63, 3.8) is 0 Å². The predicted molar refractivity (Wildman–Crippen MR) is 73.6 cm³/mol. The molecule has 0 aliphatic heterocycles. The van der Waals surface area contributed by atoms with Crippen molar-refractivity contribution in [3.05, 3.63) is 34.9 Å². The van der Waals surface area contributed by atoms with Crippen LogP contribution in [-0.2, 0) is 9.53 Å². The average molecular weight is 368 g/mol. The van der Waals surface area contributed by atoms with Gasteiger partial charge in [0.15, 0.2) is 0 Å². The lowest BCUT2D eigenvalue weighted by atomic mass is 10.2. The van der Waals surface area contributed by atoms with Crippen LogP contribution >= 0.6 is 34.2 Å². The van der Waals surface area contributed by atoms with Gasteiger partial charge < -0.3 is 10.1 Å². The summed E-state index contributed by atoms with van der Waals surface area (Å²) in [5.74, 6) is -0.630. The standard InChI is InChI=1S/C11H11ClINO3/c1-17-11(16)9(13)6-14-10(15)7-3-2-4-8(12)5-7/h2-5,9H,6H2,1H3,(H,14,15). The van der Waals surface area contributed by atoms with Crippen LogP contribution in [0.2, 0.25) is 5.02 Å². The van der Waals surface area contributed by atoms with Crippen LogP contribution in [0.25, 0.3) is 0 Å². The van der Waals surface area contributed by atoms with Gasteiger partial charge in [-0.25, -0.2) is 0 Å². The largest absolute Gasteiger partial charge is 0.468 e. The highest BCUT2D eigenvalue weighted by molar-refractivity contribution is 14.1. The molecule has 0 saturated carbocycles. The average Bonchev–Trinajstić information content (AvgIpc) is 2.34. The van der Waals surface area contributed by atoms with Crippen molar-refractivity contribution in [2.75, 3.05) is 13.7 Å². The Bertz CT molecular complexity index is 425. The van der Waals surface area contributed by atoms with Crippen molar-refractivity contribution in [2.45, 2.75) is 3.92 Å². The van der Waals surface area contributed by atoms with E-state index in [0.717, 1.165) is 0 Å². The van der Waals surface area contributed by atoms with Gasteiger partial charge in [-0.3, -0.25) is 9.59 Å². The van der Waals surface area contributed by atoms with E-state index in [1.54, 1.807) is 24.3 Å². The minimum atomic E-state index is -0.402. The van der Waals surface area contributed by atoms with Crippen molar-refractivity contribution in [1.82, 2.24) is 5.32 Å². The molecule has 0 aromatic heterocycles. The summed E-state index contributed by atoms with van der Waals surface area (Å²) in [6, 6.07) is 6.60. The topological polar surface area (TPSA) is 55.4 Å². The van der Waals surface area contributed by atoms with Gasteiger partial charge in [0.05, 0.1) is 7.11 Å². The predicted octanol–water partition coefficient (Wildman–Crippen LogP) is 2.05. The fraction of sp³-hybridized carbons (Fsp3) is 0.273. The molecule has 92 valence electrons. The maximum absolute atomic E-state index is 11.7. The molecule has 1 unspecified atom stereocenters. The van der Waals surface area contributed by atoms with E-state index < -0.39 is 3.92 Å². The Kier molecular flexibility index (Phi) is 5.70. The molecule has 0 heterocycles. The van der Waals surface area contributed by atoms with Crippen LogP contribution in [0.4, 0.5) is 0 Å². The molecule has 1 amide bonds. The molecule has 0 aliphatic rings. The van der Waals surface area contributed by atoms with Crippen LogP contribution in [-0.4, -0.2) is 29.5 Å². The first kappa shape index (κ1) is 14.2. The molecule has 0 spiro atoms. The number of carbonyl (C=O) groups is 2. The van der Waals surface area contributed by atoms with Crippen LogP contribution in [0.3, 0.4) is 0 Å². The van der Waals surface area contributed by atoms with E-state index in [9.17, 15) is 9.59 Å². The van der Waals surface area contributed by atoms with E-state index in [0.29, 0.717) is 10.6 Å². The molecule has 6 heteroatoms. The van der Waals surface area contributed by atoms with Gasteiger partial charge >= 0.3 is 5.97 Å². The minimum absolute atomic E-state index is 0.221. The van der Waals surface area contributed by atoms with Crippen LogP contribution in [0, 0.1) is 0 Å². The summed E-state index contributed by atoms with van der Waals surface area (Å²) in [5.41, 5.74) is 0.464. The summed E-state index contributed by atoms with van der Waals surface area (Å²) < 4.78 is 4.15. The number of benzene rings is 1. The molecule has 1 rings (SSSR count). The second-order valence-corrected chi connectivity index (χ2v) is 5.15. The Morgan fingerprint density at radius 1 is 1.53 bits per heavy atom. The maximum Gasteiger partial charge on any atom is 0.320 e. The smallest absolute Gasteiger partial charge is 0.320 e. The third kappa shape index (κ3) is 4.51. The van der Waals surface area contributed by atoms with Crippen LogP contribution in [0.15, 0.2) is 24.3 Å². The Balaban J connectivity index is 2.53. The lowest BCUT2D eigenvalue weighted by molar-refractivity contribution is -0.139. The summed E-state index contributed by atoms with van der Waals surface area (Å²) in [6.45, 7) is 0.221. The fourth-order valence-electron chi connectivity index (χ4n) is 1.13. The second-order valence-electron chi connectivity index (χ2n) is 3.21. The lowest BCUT2D eigenvalue weighted by Crippen LogP contribution is -2.33. The van der Waals surface area contributed by atoms with Gasteiger partial charge in [-0.05, 0) is 18.2 Å². The quantitative estimate of drug-likeness (QED) is 0.503. The van der Waals surface area contributed by atoms with E-state index in [1.807, 2.05) is 22.6 Å². The Labute approximate surface area is 118 Å². The molecule has 0 radical (unpaired) electrons. The maximum atomic E-state index is 11.7. The molecule has 0 aliphatic carbocycles. The molecular formula is C11H11ClINO3. The zero-order valence-corrected chi connectivity index (χ0v) is 12.0. The summed E-state index contributed by atoms with van der Waals surface area (Å²) in [6.07, 6.45) is 0. The van der Waals surface area contributed by atoms with E-state index in [-0.39, 0.29) is 18.4 Å². The fourth-order valence-corrected chi connectivity index (χ4v) is 1.79. The minimum Gasteiger partial charge on any atom is -0.468 e. The molecule has 1 aromatic carbocycles. The highest BCUT2D eigenvalue weighted by atomic mass is 127. The zero-order valence-electron chi connectivity index (χ0n) is 9.07. The van der Waals surface area contributed by atoms with Crippen molar-refractivity contribution in [1.29, 1.82) is 0 Å². The van der Waals surface area contributed by atoms with Crippen LogP contribution in [0.1, 0.15) is 10.4 Å². The first-order valence-corrected chi connectivity index (χ1v) is 6.42. The Hall–Kier alpha value is -0.820. The van der Waals surface area contributed by atoms with E-state index >= 15 is 0 Å². The molecule has 0 fully saturated rings. The first-order valence-electron chi connectivity index (χ1n) is 4.80. The third-order valence-corrected chi connectivity index (χ3v) is 3.17. The third-order valence-electron chi connectivity index (χ3n) is 1.99. The highest BCUT2D eigenvalue weighted by Gasteiger charge is 2.16. The number of alkyl halides is 1. The van der Waals surface area contributed by atoms with Gasteiger partial charge in [-0.15, -0.1) is 0 Å². The van der Waals surface area contributed by atoms with Gasteiger partial charge in [-0.2, -0.15) is 0 Å². The van der Waals surface area contributed by atoms with Gasteiger partial charge in [0.1, 0.15) is 3.92 Å². The van der Waals surface area contributed by atoms with Crippen molar-refractivity contribution in [2.24, 2.45) is 0 Å². The number of carbonyl (C=O) groups excluding carboxylic acids is 2. The number of esters is 1. The number of methoxy groups -OCH3 is 1. The normalized spacial score (nSPS) is 11.7. The number of rotatable bonds is 4. The molecule has 1 N–H and O–H groups in total. The first-order chi connectivity index (χ1) is 8.04. The number of nitrogens with one attached hydrogen (secondary N) is 1. The number of hydrogen-bond donors (Lipinski definition) is 1. The van der Waals surface area contributed by atoms with Crippen molar-refractivity contribution >= 4 is 46.1 Å². The number of halogens is 2. The van der Waals surface area contributed by atoms with Crippen LogP contribution in [0.5, 0.6) is 0 Å². The Morgan fingerprint density at radius 2 is 2.24 bits per heavy atom. The summed E-state index contributed by atoms with van der Waals surface area (Å²) in [5, 5.41) is 3.13. The van der Waals surface area contributed by atoms with E-state index in [4.69, 9.17) is 11.6 Å². The summed E-state index contributed by atoms with van der Waals surface area (Å²) in [4.78, 5) is 22.8. The van der Waals surface area contributed by atoms with Crippen molar-refractivity contribution < 1.29 is 14.3 Å². The molecule has 4 nitrogen and oxygen atoms in total. The molecule has 17 heavy (non-hydrogen) atoms. The Morgan fingerprint density at radius 3 is 2.82 bits per heavy atom. The molecule has 0 bridgehead atoms. The summed E-state index contributed by atoms with van der Waals surface area (Å²) in [7, 11) is 1.31. The zero-order chi connectivity index (χ0) is 12.8. The molecule has 0 saturated heterocycles. The van der Waals surface area contributed by atoms with E-state index in [2.05, 4.69) is 10.1 Å². The van der Waals surface area contributed by atoms with Crippen molar-refractivity contribution in [3.8, 4) is 0 Å². The highest BCUT2D eigenvalue weighted by Crippen LogP contribution is 2.10. The van der Waals surface area contributed by atoms with Gasteiger partial charge in [0.25, 0.3) is 5.91 Å². The van der Waals surface area contributed by atoms with Gasteiger partial charge in [-0.1, -0.05) is 40.3 Å².